The van der Waals surface area contributed by atoms with E-state index in [1.54, 1.807) is 12.1 Å². The lowest BCUT2D eigenvalue weighted by molar-refractivity contribution is -0.384. The molecule has 0 saturated heterocycles. The van der Waals surface area contributed by atoms with Crippen molar-refractivity contribution in [2.45, 2.75) is 0 Å². The second kappa shape index (κ2) is 9.74. The van der Waals surface area contributed by atoms with Gasteiger partial charge in [0, 0.05) is 17.7 Å². The second-order valence-corrected chi connectivity index (χ2v) is 6.10. The smallest absolute Gasteiger partial charge is 0.269 e. The fraction of sp³-hybridized carbons (Fsp3) is 0.0455. The van der Waals surface area contributed by atoms with Crippen LogP contribution in [-0.2, 0) is 4.84 Å². The van der Waals surface area contributed by atoms with Crippen LogP contribution in [0.5, 0.6) is 0 Å². The highest BCUT2D eigenvalue weighted by molar-refractivity contribution is 6.64. The number of non-ortho nitro benzene ring substituents is 1. The summed E-state index contributed by atoms with van der Waals surface area (Å²) in [4.78, 5) is 27.8. The first-order valence-corrected chi connectivity index (χ1v) is 8.93. The minimum Gasteiger partial charge on any atom is -0.399 e. The zero-order valence-electron chi connectivity index (χ0n) is 16.1. The van der Waals surface area contributed by atoms with Crippen LogP contribution in [0, 0.1) is 10.1 Å². The molecular formula is C22H18N4O4. The molecule has 0 fully saturated rings. The van der Waals surface area contributed by atoms with E-state index in [2.05, 4.69) is 20.5 Å². The van der Waals surface area contributed by atoms with Crippen LogP contribution in [-0.4, -0.2) is 29.7 Å². The number of nitrogens with zero attached hydrogens (tertiary/aromatic N) is 3. The Morgan fingerprint density at radius 1 is 0.967 bits per heavy atom. The molecule has 0 heterocycles. The molecule has 0 amide bonds. The monoisotopic (exact) mass is 402 g/mol. The maximum Gasteiger partial charge on any atom is 0.269 e. The Hall–Kier alpha value is -4.33. The van der Waals surface area contributed by atoms with Gasteiger partial charge in [0.05, 0.1) is 16.8 Å². The summed E-state index contributed by atoms with van der Waals surface area (Å²) in [5, 5.41) is 18.4. The third-order valence-corrected chi connectivity index (χ3v) is 4.15. The van der Waals surface area contributed by atoms with Gasteiger partial charge >= 0.3 is 0 Å². The number of hydrazone groups is 1. The van der Waals surface area contributed by atoms with Crippen molar-refractivity contribution in [3.8, 4) is 11.1 Å². The molecule has 1 N–H and O–H groups in total. The summed E-state index contributed by atoms with van der Waals surface area (Å²) in [5.41, 5.74) is 5.63. The average molecular weight is 402 g/mol. The lowest BCUT2D eigenvalue weighted by Crippen LogP contribution is -2.18. The number of carbonyl (C=O) groups is 1. The lowest BCUT2D eigenvalue weighted by Gasteiger charge is -2.05. The zero-order chi connectivity index (χ0) is 21.3. The first-order valence-electron chi connectivity index (χ1n) is 8.93. The van der Waals surface area contributed by atoms with Crippen LogP contribution in [0.2, 0.25) is 0 Å². The molecule has 0 unspecified atom stereocenters. The molecule has 0 radical (unpaired) electrons. The van der Waals surface area contributed by atoms with Gasteiger partial charge in [-0.15, -0.1) is 0 Å². The van der Waals surface area contributed by atoms with Gasteiger partial charge in [-0.3, -0.25) is 20.3 Å². The predicted octanol–water partition coefficient (Wildman–Crippen LogP) is 4.54. The van der Waals surface area contributed by atoms with Gasteiger partial charge < -0.3 is 4.84 Å². The predicted molar refractivity (Wildman–Crippen MR) is 116 cm³/mol. The molecule has 8 nitrogen and oxygen atoms in total. The maximum atomic E-state index is 12.9. The van der Waals surface area contributed by atoms with Crippen molar-refractivity contribution in [1.82, 2.24) is 0 Å². The zero-order valence-corrected chi connectivity index (χ0v) is 16.1. The lowest BCUT2D eigenvalue weighted by atomic mass is 10.0. The number of nitro groups is 1. The van der Waals surface area contributed by atoms with Crippen molar-refractivity contribution in [3.05, 3.63) is 94.5 Å². The van der Waals surface area contributed by atoms with Crippen molar-refractivity contribution in [2.75, 3.05) is 12.5 Å². The summed E-state index contributed by atoms with van der Waals surface area (Å²) in [6.07, 6.45) is 1.20. The number of carbonyl (C=O) groups excluding carboxylic acids is 1. The highest BCUT2D eigenvalue weighted by Crippen LogP contribution is 2.20. The highest BCUT2D eigenvalue weighted by atomic mass is 16.6. The summed E-state index contributed by atoms with van der Waals surface area (Å²) >= 11 is 0. The Bertz CT molecular complexity index is 1080. The quantitative estimate of drug-likeness (QED) is 0.258. The largest absolute Gasteiger partial charge is 0.399 e. The first-order chi connectivity index (χ1) is 14.6. The minimum atomic E-state index is -0.494. The van der Waals surface area contributed by atoms with Crippen LogP contribution in [0.15, 0.2) is 89.1 Å². The van der Waals surface area contributed by atoms with Crippen LogP contribution in [0.4, 0.5) is 11.4 Å². The number of nitrogens with one attached hydrogen (secondary N) is 1. The molecule has 30 heavy (non-hydrogen) atoms. The Balaban J connectivity index is 1.80. The first kappa shape index (κ1) is 20.4. The summed E-state index contributed by atoms with van der Waals surface area (Å²) < 4.78 is 0. The number of ketones is 1. The number of hydrogen-bond donors (Lipinski definition) is 1. The number of benzene rings is 3. The van der Waals surface area contributed by atoms with Crippen molar-refractivity contribution < 1.29 is 14.6 Å². The van der Waals surface area contributed by atoms with Crippen LogP contribution in [0.3, 0.4) is 0 Å². The molecule has 0 aliphatic rings. The Morgan fingerprint density at radius 2 is 1.60 bits per heavy atom. The Kier molecular flexibility index (Phi) is 6.63. The number of oxime groups is 1. The average Bonchev–Trinajstić information content (AvgIpc) is 2.80. The van der Waals surface area contributed by atoms with E-state index in [4.69, 9.17) is 0 Å². The van der Waals surface area contributed by atoms with Crippen LogP contribution in [0.1, 0.15) is 10.4 Å². The molecule has 0 aromatic heterocycles. The van der Waals surface area contributed by atoms with E-state index in [1.807, 2.05) is 42.5 Å². The minimum absolute atomic E-state index is 0.0164. The standard InChI is InChI=1S/C22H18N4O4/c1-30-23-15-21(25-24-19-11-13-20(14-12-19)26(28)29)22(27)18-9-7-17(8-10-18)16-5-3-2-4-6-16/h2-15,24H,1H3/b23-15+,25-21+. The second-order valence-electron chi connectivity index (χ2n) is 6.10. The van der Waals surface area contributed by atoms with Gasteiger partial charge in [-0.05, 0) is 23.3 Å². The molecule has 150 valence electrons. The highest BCUT2D eigenvalue weighted by Gasteiger charge is 2.14. The summed E-state index contributed by atoms with van der Waals surface area (Å²) in [6.45, 7) is 0. The van der Waals surface area contributed by atoms with E-state index in [0.29, 0.717) is 11.3 Å². The topological polar surface area (TPSA) is 106 Å². The third kappa shape index (κ3) is 5.14. The van der Waals surface area contributed by atoms with E-state index >= 15 is 0 Å². The maximum absolute atomic E-state index is 12.9. The summed E-state index contributed by atoms with van der Waals surface area (Å²) in [7, 11) is 1.36. The van der Waals surface area contributed by atoms with Gasteiger partial charge in [-0.2, -0.15) is 5.10 Å². The summed E-state index contributed by atoms with van der Waals surface area (Å²) in [6, 6.07) is 22.6. The van der Waals surface area contributed by atoms with Crippen LogP contribution < -0.4 is 5.43 Å². The molecule has 0 spiro atoms. The molecule has 0 saturated carbocycles. The molecule has 0 atom stereocenters. The van der Waals surface area contributed by atoms with Gasteiger partial charge in [0.2, 0.25) is 5.78 Å². The molecule has 3 aromatic carbocycles. The number of rotatable bonds is 8. The summed E-state index contributed by atoms with van der Waals surface area (Å²) in [5.74, 6) is -0.357. The molecule has 0 aliphatic carbocycles. The van der Waals surface area contributed by atoms with Gasteiger partial charge in [0.15, 0.2) is 5.71 Å². The molecule has 3 rings (SSSR count). The molecule has 0 aliphatic heterocycles. The van der Waals surface area contributed by atoms with E-state index in [1.165, 1.54) is 37.6 Å². The Labute approximate surface area is 172 Å². The normalized spacial score (nSPS) is 11.3. The fourth-order valence-corrected chi connectivity index (χ4v) is 2.62. The molecule has 8 heteroatoms. The number of anilines is 1. The SMILES string of the molecule is CO/N=C/C(=N\Nc1ccc([N+](=O)[O-])cc1)C(=O)c1ccc(-c2ccccc2)cc1. The van der Waals surface area contributed by atoms with Crippen molar-refractivity contribution in [3.63, 3.8) is 0 Å². The van der Waals surface area contributed by atoms with E-state index in [9.17, 15) is 14.9 Å². The van der Waals surface area contributed by atoms with E-state index in [-0.39, 0.29) is 17.2 Å². The van der Waals surface area contributed by atoms with Crippen molar-refractivity contribution in [2.24, 2.45) is 10.3 Å². The van der Waals surface area contributed by atoms with E-state index in [0.717, 1.165) is 11.1 Å². The Morgan fingerprint density at radius 3 is 2.20 bits per heavy atom. The molecule has 0 bridgehead atoms. The molecular weight excluding hydrogens is 384 g/mol. The van der Waals surface area contributed by atoms with Gasteiger partial charge in [0.25, 0.3) is 5.69 Å². The third-order valence-electron chi connectivity index (χ3n) is 4.15. The molecule has 3 aromatic rings. The van der Waals surface area contributed by atoms with Crippen molar-refractivity contribution in [1.29, 1.82) is 0 Å². The number of Topliss-reactive ketones (excluding diaryl/α,β-unsaturated/α-hetero) is 1. The number of nitro benzene ring substituents is 1. The van der Waals surface area contributed by atoms with Crippen LogP contribution >= 0.6 is 0 Å². The van der Waals surface area contributed by atoms with Crippen molar-refractivity contribution >= 4 is 29.1 Å². The van der Waals surface area contributed by atoms with Gasteiger partial charge in [-0.1, -0.05) is 59.8 Å². The van der Waals surface area contributed by atoms with Crippen LogP contribution in [0.25, 0.3) is 11.1 Å². The van der Waals surface area contributed by atoms with Gasteiger partial charge in [-0.25, -0.2) is 0 Å². The van der Waals surface area contributed by atoms with Gasteiger partial charge in [0.1, 0.15) is 7.11 Å². The fourth-order valence-electron chi connectivity index (χ4n) is 2.62. The number of hydrogen-bond acceptors (Lipinski definition) is 7. The van der Waals surface area contributed by atoms with E-state index < -0.39 is 4.92 Å².